The Morgan fingerprint density at radius 2 is 2.19 bits per heavy atom. The maximum atomic E-state index is 13.6. The third-order valence-corrected chi connectivity index (χ3v) is 4.01. The Kier molecular flexibility index (Phi) is 4.84. The number of carboxylic acid groups (broad SMARTS) is 1. The fourth-order valence-electron chi connectivity index (χ4n) is 1.83. The topological polar surface area (TPSA) is 68.0 Å². The van der Waals surface area contributed by atoms with Crippen LogP contribution in [0.5, 0.6) is 0 Å². The van der Waals surface area contributed by atoms with Crippen LogP contribution in [-0.2, 0) is 4.79 Å². The Morgan fingerprint density at radius 3 is 2.81 bits per heavy atom. The third-order valence-electron chi connectivity index (χ3n) is 2.70. The highest BCUT2D eigenvalue weighted by Crippen LogP contribution is 2.32. The predicted octanol–water partition coefficient (Wildman–Crippen LogP) is 3.50. The number of aliphatic carboxylic acids is 1. The van der Waals surface area contributed by atoms with E-state index in [0.717, 1.165) is 11.8 Å². The molecule has 1 aromatic carbocycles. The van der Waals surface area contributed by atoms with Crippen molar-refractivity contribution in [2.75, 3.05) is 5.75 Å². The summed E-state index contributed by atoms with van der Waals surface area (Å²) < 4.78 is 15.3. The lowest BCUT2D eigenvalue weighted by Crippen LogP contribution is -2.07. The summed E-state index contributed by atoms with van der Waals surface area (Å²) >= 11 is 7.05. The molecule has 0 unspecified atom stereocenters. The number of benzene rings is 1. The number of halogens is 2. The van der Waals surface area contributed by atoms with Crippen LogP contribution in [0.15, 0.2) is 23.4 Å². The monoisotopic (exact) mass is 329 g/mol. The second kappa shape index (κ2) is 6.44. The summed E-state index contributed by atoms with van der Waals surface area (Å²) in [5.41, 5.74) is 0.431. The highest BCUT2D eigenvalue weighted by molar-refractivity contribution is 7.99. The van der Waals surface area contributed by atoms with Crippen LogP contribution in [-0.4, -0.2) is 31.6 Å². The number of hydrogen-bond donors (Lipinski definition) is 1. The van der Waals surface area contributed by atoms with E-state index in [4.69, 9.17) is 16.7 Å². The lowest BCUT2D eigenvalue weighted by atomic mass is 10.2. The van der Waals surface area contributed by atoms with Gasteiger partial charge in [-0.3, -0.25) is 9.36 Å². The van der Waals surface area contributed by atoms with Gasteiger partial charge in [-0.25, -0.2) is 4.39 Å². The van der Waals surface area contributed by atoms with Crippen LogP contribution in [0.1, 0.15) is 19.9 Å². The largest absolute Gasteiger partial charge is 0.481 e. The Labute approximate surface area is 130 Å². The van der Waals surface area contributed by atoms with Gasteiger partial charge >= 0.3 is 5.97 Å². The Hall–Kier alpha value is -1.60. The number of carboxylic acids is 1. The van der Waals surface area contributed by atoms with Gasteiger partial charge < -0.3 is 5.11 Å². The molecular formula is C13H13ClFN3O2S. The van der Waals surface area contributed by atoms with Crippen molar-refractivity contribution in [2.24, 2.45) is 0 Å². The molecule has 112 valence electrons. The first-order valence-corrected chi connectivity index (χ1v) is 7.52. The molecule has 8 heteroatoms. The SMILES string of the molecule is CC(C)n1c(SCC(=O)O)nnc1-c1cccc(F)c1Cl. The molecular weight excluding hydrogens is 317 g/mol. The zero-order valence-electron chi connectivity index (χ0n) is 11.4. The average molecular weight is 330 g/mol. The molecule has 0 spiro atoms. The van der Waals surface area contributed by atoms with Gasteiger partial charge in [-0.15, -0.1) is 10.2 Å². The van der Waals surface area contributed by atoms with E-state index < -0.39 is 11.8 Å². The summed E-state index contributed by atoms with van der Waals surface area (Å²) in [4.78, 5) is 10.7. The maximum Gasteiger partial charge on any atom is 0.313 e. The van der Waals surface area contributed by atoms with Gasteiger partial charge in [-0.2, -0.15) is 0 Å². The number of rotatable bonds is 5. The normalized spacial score (nSPS) is 11.1. The zero-order chi connectivity index (χ0) is 15.6. The molecule has 2 rings (SSSR count). The van der Waals surface area contributed by atoms with Crippen molar-refractivity contribution in [1.82, 2.24) is 14.8 Å². The standard InChI is InChI=1S/C13H13ClFN3O2S/c1-7(2)18-12(8-4-3-5-9(15)11(8)14)16-17-13(18)21-6-10(19)20/h3-5,7H,6H2,1-2H3,(H,19,20). The molecule has 0 aliphatic carbocycles. The molecule has 0 saturated carbocycles. The number of carbonyl (C=O) groups is 1. The Balaban J connectivity index is 2.49. The van der Waals surface area contributed by atoms with Crippen molar-refractivity contribution in [2.45, 2.75) is 25.0 Å². The van der Waals surface area contributed by atoms with E-state index in [1.54, 1.807) is 16.7 Å². The first kappa shape index (κ1) is 15.8. The van der Waals surface area contributed by atoms with Crippen molar-refractivity contribution >= 4 is 29.3 Å². The minimum atomic E-state index is -0.941. The van der Waals surface area contributed by atoms with Crippen molar-refractivity contribution in [3.63, 3.8) is 0 Å². The number of aromatic nitrogens is 3. The quantitative estimate of drug-likeness (QED) is 0.850. The molecule has 1 N–H and O–H groups in total. The van der Waals surface area contributed by atoms with Crippen molar-refractivity contribution < 1.29 is 14.3 Å². The number of nitrogens with zero attached hydrogens (tertiary/aromatic N) is 3. The van der Waals surface area contributed by atoms with Gasteiger partial charge in [0.25, 0.3) is 0 Å². The average Bonchev–Trinajstić information content (AvgIpc) is 2.83. The number of hydrogen-bond acceptors (Lipinski definition) is 4. The fraction of sp³-hybridized carbons (Fsp3) is 0.308. The summed E-state index contributed by atoms with van der Waals surface area (Å²) in [6.45, 7) is 3.82. The smallest absolute Gasteiger partial charge is 0.313 e. The molecule has 0 fully saturated rings. The highest BCUT2D eigenvalue weighted by atomic mass is 35.5. The summed E-state index contributed by atoms with van der Waals surface area (Å²) in [6.07, 6.45) is 0. The summed E-state index contributed by atoms with van der Waals surface area (Å²) in [6, 6.07) is 4.44. The first-order valence-electron chi connectivity index (χ1n) is 6.15. The Morgan fingerprint density at radius 1 is 1.48 bits per heavy atom. The second-order valence-electron chi connectivity index (χ2n) is 4.55. The van der Waals surface area contributed by atoms with Crippen molar-refractivity contribution in [3.05, 3.63) is 29.0 Å². The lowest BCUT2D eigenvalue weighted by molar-refractivity contribution is -0.133. The molecule has 0 radical (unpaired) electrons. The molecule has 1 heterocycles. The van der Waals surface area contributed by atoms with E-state index in [1.807, 2.05) is 13.8 Å². The van der Waals surface area contributed by atoms with Gasteiger partial charge in [-0.1, -0.05) is 29.4 Å². The molecule has 0 aliphatic heterocycles. The minimum absolute atomic E-state index is 0.0226. The summed E-state index contributed by atoms with van der Waals surface area (Å²) in [7, 11) is 0. The van der Waals surface area contributed by atoms with Gasteiger partial charge in [0.1, 0.15) is 5.82 Å². The van der Waals surface area contributed by atoms with Crippen LogP contribution in [0.4, 0.5) is 4.39 Å². The third kappa shape index (κ3) is 3.36. The molecule has 0 atom stereocenters. The lowest BCUT2D eigenvalue weighted by Gasteiger charge is -2.14. The maximum absolute atomic E-state index is 13.6. The van der Waals surface area contributed by atoms with E-state index in [9.17, 15) is 9.18 Å². The van der Waals surface area contributed by atoms with Crippen LogP contribution in [0.3, 0.4) is 0 Å². The van der Waals surface area contributed by atoms with E-state index in [0.29, 0.717) is 16.5 Å². The van der Waals surface area contributed by atoms with Gasteiger partial charge in [0.15, 0.2) is 11.0 Å². The molecule has 21 heavy (non-hydrogen) atoms. The molecule has 1 aromatic heterocycles. The molecule has 5 nitrogen and oxygen atoms in total. The van der Waals surface area contributed by atoms with Gasteiger partial charge in [0.2, 0.25) is 0 Å². The highest BCUT2D eigenvalue weighted by Gasteiger charge is 2.20. The zero-order valence-corrected chi connectivity index (χ0v) is 13.0. The van der Waals surface area contributed by atoms with E-state index in [-0.39, 0.29) is 16.8 Å². The molecule has 0 aliphatic rings. The van der Waals surface area contributed by atoms with E-state index in [1.165, 1.54) is 6.07 Å². The van der Waals surface area contributed by atoms with Gasteiger partial charge in [-0.05, 0) is 26.0 Å². The predicted molar refractivity (Wildman–Crippen MR) is 79.2 cm³/mol. The van der Waals surface area contributed by atoms with E-state index in [2.05, 4.69) is 10.2 Å². The molecule has 0 bridgehead atoms. The van der Waals surface area contributed by atoms with Gasteiger partial charge in [0.05, 0.1) is 10.8 Å². The van der Waals surface area contributed by atoms with Crippen molar-refractivity contribution in [3.8, 4) is 11.4 Å². The fourth-order valence-corrected chi connectivity index (χ4v) is 2.83. The van der Waals surface area contributed by atoms with Crippen LogP contribution < -0.4 is 0 Å². The first-order chi connectivity index (χ1) is 9.91. The summed E-state index contributed by atoms with van der Waals surface area (Å²) in [5, 5.41) is 17.2. The molecule has 2 aromatic rings. The Bertz CT molecular complexity index is 675. The van der Waals surface area contributed by atoms with Crippen LogP contribution in [0.25, 0.3) is 11.4 Å². The van der Waals surface area contributed by atoms with Crippen LogP contribution in [0, 0.1) is 5.82 Å². The summed E-state index contributed by atoms with van der Waals surface area (Å²) in [5.74, 6) is -1.18. The van der Waals surface area contributed by atoms with Crippen LogP contribution >= 0.6 is 23.4 Å². The van der Waals surface area contributed by atoms with E-state index >= 15 is 0 Å². The number of thioether (sulfide) groups is 1. The minimum Gasteiger partial charge on any atom is -0.481 e. The molecule has 0 saturated heterocycles. The molecule has 0 amide bonds. The van der Waals surface area contributed by atoms with Gasteiger partial charge in [0, 0.05) is 11.6 Å². The second-order valence-corrected chi connectivity index (χ2v) is 5.87. The van der Waals surface area contributed by atoms with Crippen LogP contribution in [0.2, 0.25) is 5.02 Å². The van der Waals surface area contributed by atoms with Crippen molar-refractivity contribution in [1.29, 1.82) is 0 Å².